The van der Waals surface area contributed by atoms with Crippen LogP contribution in [-0.2, 0) is 4.74 Å². The van der Waals surface area contributed by atoms with E-state index in [-0.39, 0.29) is 0 Å². The monoisotopic (exact) mass is 236 g/mol. The van der Waals surface area contributed by atoms with Gasteiger partial charge in [0, 0.05) is 12.8 Å². The predicted molar refractivity (Wildman–Crippen MR) is 71.0 cm³/mol. The highest BCUT2D eigenvalue weighted by Gasteiger charge is 1.99. The van der Waals surface area contributed by atoms with E-state index in [1.165, 1.54) is 11.1 Å². The summed E-state index contributed by atoms with van der Waals surface area (Å²) >= 11 is 0. The van der Waals surface area contributed by atoms with Gasteiger partial charge in [-0.1, -0.05) is 6.07 Å². The molecule has 0 fully saturated rings. The molecule has 0 aromatic heterocycles. The zero-order valence-corrected chi connectivity index (χ0v) is 10.6. The number of ether oxygens (including phenoxy) is 1. The normalized spacial score (nSPS) is 11.4. The highest BCUT2D eigenvalue weighted by molar-refractivity contribution is 5.93. The molecular formula is C12H20N4O. The minimum atomic E-state index is 0.533. The first-order valence-electron chi connectivity index (χ1n) is 5.51. The van der Waals surface area contributed by atoms with Gasteiger partial charge in [-0.15, -0.1) is 0 Å². The van der Waals surface area contributed by atoms with E-state index in [9.17, 15) is 0 Å². The first kappa shape index (κ1) is 13.5. The number of methoxy groups -OCH3 is 1. The standard InChI is InChI=1S/C12H20N4O/c1-9-4-5-11(8-10(9)2)15-12(16-13)14-6-7-17-3/h4-5,8H,6-7,13H2,1-3H3,(H2,14,15,16). The average molecular weight is 236 g/mol. The minimum Gasteiger partial charge on any atom is -0.383 e. The highest BCUT2D eigenvalue weighted by Crippen LogP contribution is 2.13. The maximum atomic E-state index is 5.39. The second kappa shape index (κ2) is 6.88. The first-order valence-corrected chi connectivity index (χ1v) is 5.51. The molecule has 1 rings (SSSR count). The Balaban J connectivity index is 2.67. The Morgan fingerprint density at radius 3 is 2.71 bits per heavy atom. The molecule has 0 aliphatic heterocycles. The van der Waals surface area contributed by atoms with Crippen molar-refractivity contribution >= 4 is 11.6 Å². The van der Waals surface area contributed by atoms with Gasteiger partial charge in [0.15, 0.2) is 0 Å². The number of hydrazine groups is 1. The van der Waals surface area contributed by atoms with Crippen LogP contribution in [-0.4, -0.2) is 26.2 Å². The van der Waals surface area contributed by atoms with E-state index >= 15 is 0 Å². The van der Waals surface area contributed by atoms with Crippen LogP contribution in [0.15, 0.2) is 23.2 Å². The third-order valence-electron chi connectivity index (χ3n) is 2.47. The molecule has 0 saturated heterocycles. The number of nitrogens with two attached hydrogens (primary N) is 1. The second-order valence-corrected chi connectivity index (χ2v) is 3.79. The van der Waals surface area contributed by atoms with Crippen molar-refractivity contribution in [2.75, 3.05) is 25.6 Å². The molecule has 5 heteroatoms. The number of nitrogens with zero attached hydrogens (tertiary/aromatic N) is 1. The molecule has 0 spiro atoms. The van der Waals surface area contributed by atoms with Gasteiger partial charge >= 0.3 is 0 Å². The van der Waals surface area contributed by atoms with Crippen molar-refractivity contribution in [3.8, 4) is 0 Å². The molecule has 5 nitrogen and oxygen atoms in total. The molecule has 0 aliphatic rings. The number of hydrogen-bond acceptors (Lipinski definition) is 3. The lowest BCUT2D eigenvalue weighted by molar-refractivity contribution is 0.208. The van der Waals surface area contributed by atoms with Crippen LogP contribution >= 0.6 is 0 Å². The summed E-state index contributed by atoms with van der Waals surface area (Å²) in [5.41, 5.74) is 5.97. The molecule has 0 unspecified atom stereocenters. The summed E-state index contributed by atoms with van der Waals surface area (Å²) in [6.07, 6.45) is 0. The average Bonchev–Trinajstić information content (AvgIpc) is 2.32. The summed E-state index contributed by atoms with van der Waals surface area (Å²) in [7, 11) is 1.64. The van der Waals surface area contributed by atoms with Gasteiger partial charge in [-0.3, -0.25) is 5.43 Å². The molecule has 1 aromatic rings. The molecule has 0 heterocycles. The topological polar surface area (TPSA) is 71.7 Å². The second-order valence-electron chi connectivity index (χ2n) is 3.79. The van der Waals surface area contributed by atoms with Crippen LogP contribution in [0.25, 0.3) is 0 Å². The third-order valence-corrected chi connectivity index (χ3v) is 2.47. The molecule has 17 heavy (non-hydrogen) atoms. The zero-order valence-electron chi connectivity index (χ0n) is 10.6. The Hall–Kier alpha value is -1.59. The Labute approximate surface area is 102 Å². The van der Waals surface area contributed by atoms with E-state index in [1.807, 2.05) is 6.07 Å². The van der Waals surface area contributed by atoms with E-state index in [2.05, 4.69) is 41.7 Å². The van der Waals surface area contributed by atoms with Crippen LogP contribution in [0, 0.1) is 13.8 Å². The van der Waals surface area contributed by atoms with Gasteiger partial charge in [0.2, 0.25) is 5.96 Å². The lowest BCUT2D eigenvalue weighted by Crippen LogP contribution is -2.36. The van der Waals surface area contributed by atoms with Gasteiger partial charge in [-0.05, 0) is 37.1 Å². The highest BCUT2D eigenvalue weighted by atomic mass is 16.5. The Morgan fingerprint density at radius 2 is 2.12 bits per heavy atom. The number of rotatable bonds is 4. The van der Waals surface area contributed by atoms with E-state index in [4.69, 9.17) is 10.6 Å². The van der Waals surface area contributed by atoms with Crippen molar-refractivity contribution in [1.82, 2.24) is 5.43 Å². The van der Waals surface area contributed by atoms with Gasteiger partial charge in [0.25, 0.3) is 0 Å². The van der Waals surface area contributed by atoms with E-state index in [1.54, 1.807) is 7.11 Å². The van der Waals surface area contributed by atoms with E-state index < -0.39 is 0 Å². The minimum absolute atomic E-state index is 0.533. The summed E-state index contributed by atoms with van der Waals surface area (Å²) in [4.78, 5) is 4.22. The molecule has 1 aromatic carbocycles. The van der Waals surface area contributed by atoms with Gasteiger partial charge in [-0.2, -0.15) is 0 Å². The fourth-order valence-corrected chi connectivity index (χ4v) is 1.33. The predicted octanol–water partition coefficient (Wildman–Crippen LogP) is 1.18. The van der Waals surface area contributed by atoms with Gasteiger partial charge in [0.05, 0.1) is 13.2 Å². The number of anilines is 1. The fourth-order valence-electron chi connectivity index (χ4n) is 1.33. The molecule has 0 amide bonds. The van der Waals surface area contributed by atoms with E-state index in [0.717, 1.165) is 5.69 Å². The number of benzene rings is 1. The summed E-state index contributed by atoms with van der Waals surface area (Å²) in [5.74, 6) is 5.92. The van der Waals surface area contributed by atoms with Gasteiger partial charge < -0.3 is 10.1 Å². The fraction of sp³-hybridized carbons (Fsp3) is 0.417. The van der Waals surface area contributed by atoms with Crippen LogP contribution in [0.5, 0.6) is 0 Å². The maximum absolute atomic E-state index is 5.39. The maximum Gasteiger partial charge on any atom is 0.210 e. The number of guanidine groups is 1. The molecule has 0 saturated carbocycles. The quantitative estimate of drug-likeness (QED) is 0.241. The molecule has 0 radical (unpaired) electrons. The molecule has 4 N–H and O–H groups in total. The lowest BCUT2D eigenvalue weighted by Gasteiger charge is -2.10. The molecule has 0 atom stereocenters. The Bertz CT molecular complexity index is 390. The van der Waals surface area contributed by atoms with Crippen molar-refractivity contribution in [2.45, 2.75) is 13.8 Å². The first-order chi connectivity index (χ1) is 8.17. The number of nitrogens with one attached hydrogen (secondary N) is 2. The number of aryl methyl sites for hydroxylation is 2. The summed E-state index contributed by atoms with van der Waals surface area (Å²) < 4.78 is 4.92. The largest absolute Gasteiger partial charge is 0.383 e. The van der Waals surface area contributed by atoms with Crippen LogP contribution in [0.2, 0.25) is 0 Å². The van der Waals surface area contributed by atoms with Crippen molar-refractivity contribution in [3.05, 3.63) is 29.3 Å². The van der Waals surface area contributed by atoms with Crippen LogP contribution < -0.4 is 16.6 Å². The third kappa shape index (κ3) is 4.42. The van der Waals surface area contributed by atoms with Crippen molar-refractivity contribution in [1.29, 1.82) is 0 Å². The van der Waals surface area contributed by atoms with Crippen LogP contribution in [0.4, 0.5) is 5.69 Å². The molecule has 0 aliphatic carbocycles. The molecule has 0 bridgehead atoms. The Morgan fingerprint density at radius 1 is 1.35 bits per heavy atom. The SMILES string of the molecule is COCCN=C(NN)Nc1ccc(C)c(C)c1. The van der Waals surface area contributed by atoms with Crippen molar-refractivity contribution in [3.63, 3.8) is 0 Å². The van der Waals surface area contributed by atoms with Crippen LogP contribution in [0.1, 0.15) is 11.1 Å². The smallest absolute Gasteiger partial charge is 0.210 e. The summed E-state index contributed by atoms with van der Waals surface area (Å²) in [6.45, 7) is 5.28. The number of aliphatic imine (C=N–C) groups is 1. The summed E-state index contributed by atoms with van der Waals surface area (Å²) in [6, 6.07) is 6.10. The van der Waals surface area contributed by atoms with Crippen molar-refractivity contribution < 1.29 is 4.74 Å². The molecular weight excluding hydrogens is 216 g/mol. The molecule has 94 valence electrons. The lowest BCUT2D eigenvalue weighted by atomic mass is 10.1. The van der Waals surface area contributed by atoms with Gasteiger partial charge in [-0.25, -0.2) is 10.8 Å². The van der Waals surface area contributed by atoms with Crippen molar-refractivity contribution in [2.24, 2.45) is 10.8 Å². The summed E-state index contributed by atoms with van der Waals surface area (Å²) in [5, 5.41) is 3.11. The van der Waals surface area contributed by atoms with E-state index in [0.29, 0.717) is 19.1 Å². The van der Waals surface area contributed by atoms with Crippen LogP contribution in [0.3, 0.4) is 0 Å². The Kier molecular flexibility index (Phi) is 5.45. The number of hydrogen-bond donors (Lipinski definition) is 3. The zero-order chi connectivity index (χ0) is 12.7. The van der Waals surface area contributed by atoms with Gasteiger partial charge in [0.1, 0.15) is 0 Å².